The monoisotopic (exact) mass is 289 g/mol. The van der Waals surface area contributed by atoms with E-state index in [2.05, 4.69) is 20.9 Å². The average molecular weight is 291 g/mol. The summed E-state index contributed by atoms with van der Waals surface area (Å²) in [5.74, 6) is 0.384. The van der Waals surface area contributed by atoms with E-state index in [1.54, 1.807) is 12.1 Å². The summed E-state index contributed by atoms with van der Waals surface area (Å²) in [5.41, 5.74) is 1.21. The van der Waals surface area contributed by atoms with Crippen LogP contribution in [-0.4, -0.2) is 4.98 Å². The fourth-order valence-electron chi connectivity index (χ4n) is 1.26. The van der Waals surface area contributed by atoms with Crippen molar-refractivity contribution in [3.8, 4) is 11.3 Å². The van der Waals surface area contributed by atoms with E-state index >= 15 is 0 Å². The molecule has 0 unspecified atom stereocenters. The fraction of sp³-hybridized carbons (Fsp3) is 0.100. The van der Waals surface area contributed by atoms with E-state index in [4.69, 9.17) is 16.0 Å². The zero-order valence-electron chi connectivity index (χ0n) is 7.51. The molecule has 0 bridgehead atoms. The average Bonchev–Trinajstić information content (AvgIpc) is 2.70. The topological polar surface area (TPSA) is 26.0 Å². The highest BCUT2D eigenvalue weighted by molar-refractivity contribution is 9.10. The van der Waals surface area contributed by atoms with Gasteiger partial charge < -0.3 is 4.42 Å². The van der Waals surface area contributed by atoms with E-state index < -0.39 is 0 Å². The van der Waals surface area contributed by atoms with Crippen LogP contribution >= 0.6 is 27.5 Å². The Morgan fingerprint density at radius 1 is 1.47 bits per heavy atom. The van der Waals surface area contributed by atoms with Gasteiger partial charge in [-0.2, -0.15) is 0 Å². The Hall–Kier alpha value is -0.870. The first-order chi connectivity index (χ1) is 7.24. The van der Waals surface area contributed by atoms with Crippen LogP contribution in [-0.2, 0) is 5.88 Å². The lowest BCUT2D eigenvalue weighted by molar-refractivity contribution is 0.568. The van der Waals surface area contributed by atoms with Crippen LogP contribution in [0.5, 0.6) is 0 Å². The predicted molar refractivity (Wildman–Crippen MR) is 59.2 cm³/mol. The number of aromatic nitrogens is 1. The van der Waals surface area contributed by atoms with Crippen molar-refractivity contribution in [2.45, 2.75) is 5.88 Å². The summed E-state index contributed by atoms with van der Waals surface area (Å²) in [6, 6.07) is 4.71. The molecule has 0 fully saturated rings. The molecule has 0 aliphatic heterocycles. The van der Waals surface area contributed by atoms with Gasteiger partial charge in [-0.3, -0.25) is 0 Å². The van der Waals surface area contributed by atoms with E-state index in [1.165, 1.54) is 12.5 Å². The van der Waals surface area contributed by atoms with Gasteiger partial charge in [-0.25, -0.2) is 9.37 Å². The Morgan fingerprint density at radius 3 is 3.00 bits per heavy atom. The summed E-state index contributed by atoms with van der Waals surface area (Å²) >= 11 is 8.84. The molecular formula is C10H6BrClFNO. The molecule has 0 N–H and O–H groups in total. The zero-order chi connectivity index (χ0) is 10.8. The smallest absolute Gasteiger partial charge is 0.181 e. The van der Waals surface area contributed by atoms with E-state index in [-0.39, 0.29) is 11.7 Å². The predicted octanol–water partition coefficient (Wildman–Crippen LogP) is 3.98. The molecule has 0 atom stereocenters. The van der Waals surface area contributed by atoms with Crippen molar-refractivity contribution in [1.29, 1.82) is 0 Å². The Balaban J connectivity index is 2.59. The largest absolute Gasteiger partial charge is 0.443 e. The number of benzene rings is 1. The van der Waals surface area contributed by atoms with Gasteiger partial charge in [-0.15, -0.1) is 11.6 Å². The number of halogens is 3. The molecule has 0 saturated heterocycles. The van der Waals surface area contributed by atoms with Crippen molar-refractivity contribution in [3.05, 3.63) is 40.6 Å². The second kappa shape index (κ2) is 4.33. The quantitative estimate of drug-likeness (QED) is 0.782. The van der Waals surface area contributed by atoms with Crippen LogP contribution < -0.4 is 0 Å². The second-order valence-corrected chi connectivity index (χ2v) is 3.92. The zero-order valence-corrected chi connectivity index (χ0v) is 9.85. The highest BCUT2D eigenvalue weighted by Crippen LogP contribution is 2.32. The van der Waals surface area contributed by atoms with Gasteiger partial charge in [-0.1, -0.05) is 6.07 Å². The van der Waals surface area contributed by atoms with Crippen molar-refractivity contribution in [2.75, 3.05) is 0 Å². The van der Waals surface area contributed by atoms with Crippen molar-refractivity contribution in [3.63, 3.8) is 0 Å². The van der Waals surface area contributed by atoms with Gasteiger partial charge in [0, 0.05) is 5.56 Å². The van der Waals surface area contributed by atoms with Crippen LogP contribution in [0, 0.1) is 5.82 Å². The number of alkyl halides is 1. The minimum atomic E-state index is -0.343. The Kier molecular flexibility index (Phi) is 3.07. The number of oxazole rings is 1. The van der Waals surface area contributed by atoms with Crippen LogP contribution in [0.15, 0.2) is 33.5 Å². The maximum atomic E-state index is 13.3. The molecule has 2 rings (SSSR count). The molecule has 1 heterocycles. The van der Waals surface area contributed by atoms with Crippen LogP contribution in [0.2, 0.25) is 0 Å². The minimum Gasteiger partial charge on any atom is -0.443 e. The molecule has 78 valence electrons. The fourth-order valence-corrected chi connectivity index (χ4v) is 1.90. The SMILES string of the molecule is Fc1cccc(-c2ocnc2CCl)c1Br. The molecule has 2 nitrogen and oxygen atoms in total. The molecular weight excluding hydrogens is 284 g/mol. The minimum absolute atomic E-state index is 0.231. The first-order valence-electron chi connectivity index (χ1n) is 4.16. The van der Waals surface area contributed by atoms with Crippen LogP contribution in [0.1, 0.15) is 5.69 Å². The highest BCUT2D eigenvalue weighted by atomic mass is 79.9. The lowest BCUT2D eigenvalue weighted by Crippen LogP contribution is -1.86. The molecule has 1 aromatic carbocycles. The molecule has 0 saturated carbocycles. The third-order valence-corrected chi connectivity index (χ3v) is 3.02. The van der Waals surface area contributed by atoms with Gasteiger partial charge in [0.05, 0.1) is 10.4 Å². The van der Waals surface area contributed by atoms with E-state index in [9.17, 15) is 4.39 Å². The Bertz CT molecular complexity index is 486. The van der Waals surface area contributed by atoms with Crippen LogP contribution in [0.4, 0.5) is 4.39 Å². The summed E-state index contributed by atoms with van der Waals surface area (Å²) in [6.45, 7) is 0. The van der Waals surface area contributed by atoms with Gasteiger partial charge in [0.15, 0.2) is 12.2 Å². The summed E-state index contributed by atoms with van der Waals surface area (Å²) in [4.78, 5) is 3.94. The van der Waals surface area contributed by atoms with Gasteiger partial charge in [0.1, 0.15) is 11.5 Å². The summed E-state index contributed by atoms with van der Waals surface area (Å²) in [6.07, 6.45) is 1.30. The first kappa shape index (κ1) is 10.6. The van der Waals surface area contributed by atoms with Crippen molar-refractivity contribution < 1.29 is 8.81 Å². The molecule has 0 aliphatic carbocycles. The molecule has 0 radical (unpaired) electrons. The number of hydrogen-bond donors (Lipinski definition) is 0. The lowest BCUT2D eigenvalue weighted by Gasteiger charge is -2.02. The van der Waals surface area contributed by atoms with Crippen molar-refractivity contribution >= 4 is 27.5 Å². The third kappa shape index (κ3) is 1.92. The number of hydrogen-bond acceptors (Lipinski definition) is 2. The van der Waals surface area contributed by atoms with Gasteiger partial charge in [0.25, 0.3) is 0 Å². The molecule has 5 heteroatoms. The number of rotatable bonds is 2. The molecule has 1 aromatic heterocycles. The molecule has 0 amide bonds. The number of nitrogens with zero attached hydrogens (tertiary/aromatic N) is 1. The first-order valence-corrected chi connectivity index (χ1v) is 5.49. The molecule has 0 aliphatic rings. The summed E-state index contributed by atoms with van der Waals surface area (Å²) in [5, 5.41) is 0. The Morgan fingerprint density at radius 2 is 2.27 bits per heavy atom. The van der Waals surface area contributed by atoms with Crippen molar-refractivity contribution in [1.82, 2.24) is 4.98 Å². The molecule has 2 aromatic rings. The van der Waals surface area contributed by atoms with Gasteiger partial charge in [-0.05, 0) is 28.1 Å². The third-order valence-electron chi connectivity index (χ3n) is 1.96. The normalized spacial score (nSPS) is 10.6. The van der Waals surface area contributed by atoms with Gasteiger partial charge >= 0.3 is 0 Å². The summed E-state index contributed by atoms with van der Waals surface area (Å²) < 4.78 is 18.8. The van der Waals surface area contributed by atoms with Gasteiger partial charge in [0.2, 0.25) is 0 Å². The molecule has 15 heavy (non-hydrogen) atoms. The van der Waals surface area contributed by atoms with E-state index in [0.29, 0.717) is 21.5 Å². The van der Waals surface area contributed by atoms with E-state index in [0.717, 1.165) is 0 Å². The maximum Gasteiger partial charge on any atom is 0.181 e. The second-order valence-electron chi connectivity index (χ2n) is 2.86. The standard InChI is InChI=1S/C10H6BrClFNO/c11-9-6(2-1-3-7(9)13)10-8(4-12)14-5-15-10/h1-3,5H,4H2. The summed E-state index contributed by atoms with van der Waals surface area (Å²) in [7, 11) is 0. The molecule has 0 spiro atoms. The van der Waals surface area contributed by atoms with Crippen LogP contribution in [0.25, 0.3) is 11.3 Å². The Labute approximate surface area is 99.2 Å². The highest BCUT2D eigenvalue weighted by Gasteiger charge is 2.14. The van der Waals surface area contributed by atoms with Crippen LogP contribution in [0.3, 0.4) is 0 Å². The van der Waals surface area contributed by atoms with E-state index in [1.807, 2.05) is 0 Å². The maximum absolute atomic E-state index is 13.3. The van der Waals surface area contributed by atoms with Crippen molar-refractivity contribution in [2.24, 2.45) is 0 Å². The lowest BCUT2D eigenvalue weighted by atomic mass is 10.1.